The van der Waals surface area contributed by atoms with E-state index in [0.29, 0.717) is 0 Å². The first kappa shape index (κ1) is 12.2. The lowest BCUT2D eigenvalue weighted by atomic mass is 10.4. The highest BCUT2D eigenvalue weighted by Gasteiger charge is 2.29. The third-order valence-corrected chi connectivity index (χ3v) is 7.10. The molecule has 0 bridgehead atoms. The molecule has 0 fully saturated rings. The van der Waals surface area contributed by atoms with Gasteiger partial charge in [-0.1, -0.05) is 55.8 Å². The van der Waals surface area contributed by atoms with Crippen LogP contribution < -0.4 is 10.2 Å². The Morgan fingerprint density at radius 1 is 1.33 bits per heavy atom. The van der Waals surface area contributed by atoms with Gasteiger partial charge in [0.05, 0.1) is 0 Å². The van der Waals surface area contributed by atoms with Gasteiger partial charge in [0, 0.05) is 0 Å². The molecule has 1 aromatic carbocycles. The molecule has 0 radical (unpaired) electrons. The smallest absolute Gasteiger partial charge is 0.181 e. The van der Waals surface area contributed by atoms with Crippen LogP contribution >= 0.6 is 0 Å². The number of unbranched alkanes of at least 4 members (excludes halogenated alkanes) is 1. The average Bonchev–Trinajstić information content (AvgIpc) is 2.33. The lowest BCUT2D eigenvalue weighted by Gasteiger charge is -2.27. The molecule has 0 heterocycles. The van der Waals surface area contributed by atoms with Gasteiger partial charge in [-0.15, -0.1) is 6.58 Å². The van der Waals surface area contributed by atoms with Crippen LogP contribution in [0.25, 0.3) is 0 Å². The van der Waals surface area contributed by atoms with Gasteiger partial charge in [-0.25, -0.2) is 0 Å². The second-order valence-electron chi connectivity index (χ2n) is 3.90. The summed E-state index contributed by atoms with van der Waals surface area (Å²) >= 11 is 0. The van der Waals surface area contributed by atoms with Gasteiger partial charge < -0.3 is 4.98 Å². The Kier molecular flexibility index (Phi) is 4.79. The quantitative estimate of drug-likeness (QED) is 0.725. The van der Waals surface area contributed by atoms with Crippen LogP contribution in [0.2, 0.25) is 6.04 Å². The van der Waals surface area contributed by atoms with E-state index < -0.39 is 8.24 Å². The van der Waals surface area contributed by atoms with Crippen LogP contribution in [0.1, 0.15) is 19.8 Å². The van der Waals surface area contributed by atoms with Gasteiger partial charge in [-0.2, -0.15) is 0 Å². The third kappa shape index (κ3) is 2.80. The van der Waals surface area contributed by atoms with Crippen LogP contribution in [0.3, 0.4) is 0 Å². The molecule has 1 rings (SSSR count). The van der Waals surface area contributed by atoms with Crippen molar-refractivity contribution in [3.05, 3.63) is 42.6 Å². The van der Waals surface area contributed by atoms with E-state index in [4.69, 9.17) is 0 Å². The van der Waals surface area contributed by atoms with Crippen LogP contribution in [0.5, 0.6) is 0 Å². The molecule has 1 aromatic rings. The first-order valence-electron chi connectivity index (χ1n) is 5.67. The van der Waals surface area contributed by atoms with Crippen molar-refractivity contribution in [2.45, 2.75) is 25.8 Å². The Bertz CT molecular complexity index is 297. The molecule has 0 aliphatic carbocycles. The summed E-state index contributed by atoms with van der Waals surface area (Å²) in [7, 11) is 0.439. The fraction of sp³-hybridized carbons (Fsp3) is 0.385. The number of rotatable bonds is 6. The van der Waals surface area contributed by atoms with Crippen LogP contribution in [-0.2, 0) is 0 Å². The predicted octanol–water partition coefficient (Wildman–Crippen LogP) is 2.58. The Hall–Kier alpha value is -0.863. The minimum absolute atomic E-state index is 1.24. The summed E-state index contributed by atoms with van der Waals surface area (Å²) in [4.78, 5) is 3.54. The summed E-state index contributed by atoms with van der Waals surface area (Å²) in [6.07, 6.45) is 2.52. The van der Waals surface area contributed by atoms with Crippen molar-refractivity contribution >= 4 is 13.4 Å². The van der Waals surface area contributed by atoms with Crippen molar-refractivity contribution in [1.29, 1.82) is 0 Å². The van der Waals surface area contributed by atoms with E-state index in [2.05, 4.69) is 61.6 Å². The summed E-state index contributed by atoms with van der Waals surface area (Å²) in [6.45, 7) is 6.27. The zero-order valence-electron chi connectivity index (χ0n) is 9.79. The lowest BCUT2D eigenvalue weighted by Crippen LogP contribution is -2.57. The molecule has 0 spiro atoms. The maximum atomic E-state index is 4.03. The van der Waals surface area contributed by atoms with E-state index in [-0.39, 0.29) is 0 Å². The zero-order valence-corrected chi connectivity index (χ0v) is 10.8. The van der Waals surface area contributed by atoms with Crippen LogP contribution in [0, 0.1) is 0 Å². The molecule has 0 aliphatic heterocycles. The van der Waals surface area contributed by atoms with Crippen LogP contribution in [0.4, 0.5) is 0 Å². The van der Waals surface area contributed by atoms with Crippen LogP contribution in [0.15, 0.2) is 42.6 Å². The third-order valence-electron chi connectivity index (χ3n) is 3.01. The van der Waals surface area contributed by atoms with E-state index in [1.165, 1.54) is 24.1 Å². The molecule has 1 atom stereocenters. The molecule has 0 saturated carbocycles. The predicted molar refractivity (Wildman–Crippen MR) is 70.8 cm³/mol. The van der Waals surface area contributed by atoms with Crippen molar-refractivity contribution in [2.75, 3.05) is 7.05 Å². The van der Waals surface area contributed by atoms with Crippen molar-refractivity contribution in [2.24, 2.45) is 0 Å². The van der Waals surface area contributed by atoms with Gasteiger partial charge >= 0.3 is 0 Å². The topological polar surface area (TPSA) is 12.0 Å². The molecule has 1 nitrogen and oxygen atoms in total. The number of nitrogens with one attached hydrogen (secondary N) is 1. The maximum absolute atomic E-state index is 4.03. The average molecular weight is 219 g/mol. The Morgan fingerprint density at radius 2 is 2.00 bits per heavy atom. The minimum Gasteiger partial charge on any atom is -0.333 e. The number of hydrogen-bond acceptors (Lipinski definition) is 1. The highest BCUT2D eigenvalue weighted by Crippen LogP contribution is 2.12. The van der Waals surface area contributed by atoms with Crippen molar-refractivity contribution in [3.63, 3.8) is 0 Å². The second-order valence-corrected chi connectivity index (χ2v) is 7.82. The van der Waals surface area contributed by atoms with Gasteiger partial charge in [0.15, 0.2) is 8.24 Å². The van der Waals surface area contributed by atoms with E-state index in [1.807, 2.05) is 0 Å². The summed E-state index contributed by atoms with van der Waals surface area (Å²) in [5, 5.41) is 1.44. The first-order chi connectivity index (χ1) is 7.29. The number of benzene rings is 1. The standard InChI is InChI=1S/C13H21NSi/c1-4-6-12-15(5-2,14-3)13-10-8-7-9-11-13/h5,7-11,14H,2,4,6,12H2,1,3H3. The summed E-state index contributed by atoms with van der Waals surface area (Å²) in [5.74, 6) is 0. The molecule has 15 heavy (non-hydrogen) atoms. The molecule has 1 unspecified atom stereocenters. The molecular formula is C13H21NSi. The van der Waals surface area contributed by atoms with Crippen molar-refractivity contribution in [3.8, 4) is 0 Å². The fourth-order valence-corrected chi connectivity index (χ4v) is 5.10. The van der Waals surface area contributed by atoms with Crippen molar-refractivity contribution in [1.82, 2.24) is 4.98 Å². The van der Waals surface area contributed by atoms with E-state index in [0.717, 1.165) is 0 Å². The normalized spacial score (nSPS) is 14.5. The van der Waals surface area contributed by atoms with Crippen LogP contribution in [-0.4, -0.2) is 15.3 Å². The summed E-state index contributed by atoms with van der Waals surface area (Å²) < 4.78 is 0. The Labute approximate surface area is 94.3 Å². The molecule has 82 valence electrons. The molecule has 0 aliphatic rings. The monoisotopic (exact) mass is 219 g/mol. The largest absolute Gasteiger partial charge is 0.333 e. The first-order valence-corrected chi connectivity index (χ1v) is 7.95. The van der Waals surface area contributed by atoms with E-state index >= 15 is 0 Å². The van der Waals surface area contributed by atoms with Gasteiger partial charge in [0.1, 0.15) is 0 Å². The SMILES string of the molecule is C=C[Si](CCCC)(NC)c1ccccc1. The van der Waals surface area contributed by atoms with E-state index in [1.54, 1.807) is 0 Å². The van der Waals surface area contributed by atoms with E-state index in [9.17, 15) is 0 Å². The van der Waals surface area contributed by atoms with Gasteiger partial charge in [0.25, 0.3) is 0 Å². The van der Waals surface area contributed by atoms with Crippen molar-refractivity contribution < 1.29 is 0 Å². The van der Waals surface area contributed by atoms with Gasteiger partial charge in [-0.3, -0.25) is 0 Å². The molecule has 1 N–H and O–H groups in total. The Balaban J connectivity index is 2.94. The molecule has 0 aromatic heterocycles. The number of hydrogen-bond donors (Lipinski definition) is 1. The second kappa shape index (κ2) is 5.88. The summed E-state index contributed by atoms with van der Waals surface area (Å²) in [6, 6.07) is 12.0. The highest BCUT2D eigenvalue weighted by molar-refractivity contribution is 6.93. The molecular weight excluding hydrogens is 198 g/mol. The van der Waals surface area contributed by atoms with Gasteiger partial charge in [0.2, 0.25) is 0 Å². The molecule has 0 amide bonds. The van der Waals surface area contributed by atoms with Gasteiger partial charge in [-0.05, 0) is 18.3 Å². The summed E-state index contributed by atoms with van der Waals surface area (Å²) in [5.41, 5.74) is 2.16. The lowest BCUT2D eigenvalue weighted by molar-refractivity contribution is 0.861. The molecule has 2 heteroatoms. The minimum atomic E-state index is -1.63. The maximum Gasteiger partial charge on any atom is 0.181 e. The zero-order chi connectivity index (χ0) is 11.1. The molecule has 0 saturated heterocycles. The Morgan fingerprint density at radius 3 is 2.47 bits per heavy atom. The highest BCUT2D eigenvalue weighted by atomic mass is 28.3. The fourth-order valence-electron chi connectivity index (χ4n) is 1.93.